The van der Waals surface area contributed by atoms with Crippen LogP contribution in [0.3, 0.4) is 0 Å². The molecule has 1 amide bonds. The van der Waals surface area contributed by atoms with Gasteiger partial charge in [-0.3, -0.25) is 9.10 Å². The summed E-state index contributed by atoms with van der Waals surface area (Å²) in [6.07, 6.45) is 1.20. The second-order valence-electron chi connectivity index (χ2n) is 8.36. The van der Waals surface area contributed by atoms with Gasteiger partial charge in [0, 0.05) is 37.4 Å². The Morgan fingerprint density at radius 3 is 2.06 bits per heavy atom. The summed E-state index contributed by atoms with van der Waals surface area (Å²) in [5.74, 6) is -0.0286. The van der Waals surface area contributed by atoms with Crippen LogP contribution in [0.5, 0.6) is 0 Å². The number of amides is 1. The Hall–Kier alpha value is -3.32. The molecular formula is C26H29N3O3S. The lowest BCUT2D eigenvalue weighted by Gasteiger charge is -2.36. The average Bonchev–Trinajstić information content (AvgIpc) is 2.83. The second kappa shape index (κ2) is 9.67. The van der Waals surface area contributed by atoms with Gasteiger partial charge in [-0.2, -0.15) is 0 Å². The van der Waals surface area contributed by atoms with Gasteiger partial charge in [0.25, 0.3) is 5.91 Å². The molecule has 0 bridgehead atoms. The summed E-state index contributed by atoms with van der Waals surface area (Å²) in [5, 5.41) is 0. The Balaban J connectivity index is 1.45. The molecule has 0 atom stereocenters. The summed E-state index contributed by atoms with van der Waals surface area (Å²) < 4.78 is 26.4. The fraction of sp³-hybridized carbons (Fsp3) is 0.269. The number of piperazine rings is 1. The van der Waals surface area contributed by atoms with Crippen LogP contribution in [0.4, 0.5) is 11.4 Å². The van der Waals surface area contributed by atoms with E-state index in [0.29, 0.717) is 24.3 Å². The Kier molecular flexibility index (Phi) is 6.70. The molecule has 1 fully saturated rings. The molecule has 0 N–H and O–H groups in total. The van der Waals surface area contributed by atoms with E-state index in [0.717, 1.165) is 24.2 Å². The maximum absolute atomic E-state index is 13.0. The van der Waals surface area contributed by atoms with Gasteiger partial charge in [-0.1, -0.05) is 42.5 Å². The third-order valence-corrected chi connectivity index (χ3v) is 7.21. The number of sulfonamides is 1. The predicted octanol–water partition coefficient (Wildman–Crippen LogP) is 3.92. The molecule has 1 heterocycles. The van der Waals surface area contributed by atoms with Crippen LogP contribution in [0.15, 0.2) is 78.9 Å². The molecule has 0 aliphatic carbocycles. The number of nitrogens with zero attached hydrogens (tertiary/aromatic N) is 3. The summed E-state index contributed by atoms with van der Waals surface area (Å²) in [5.41, 5.74) is 4.26. The SMILES string of the molecule is Cc1ccccc1CN(c1ccc(C(=O)N2CCN(c3ccccc3)CC2)cc1)S(C)(=O)=O. The Morgan fingerprint density at radius 1 is 0.848 bits per heavy atom. The number of aryl methyl sites for hydroxylation is 1. The third kappa shape index (κ3) is 5.37. The van der Waals surface area contributed by atoms with E-state index in [1.54, 1.807) is 24.3 Å². The maximum atomic E-state index is 13.0. The highest BCUT2D eigenvalue weighted by Crippen LogP contribution is 2.23. The van der Waals surface area contributed by atoms with Gasteiger partial charge >= 0.3 is 0 Å². The van der Waals surface area contributed by atoms with Crippen molar-refractivity contribution in [3.8, 4) is 0 Å². The lowest BCUT2D eigenvalue weighted by Crippen LogP contribution is -2.48. The topological polar surface area (TPSA) is 60.9 Å². The molecule has 3 aromatic rings. The molecule has 0 radical (unpaired) electrons. The maximum Gasteiger partial charge on any atom is 0.253 e. The van der Waals surface area contributed by atoms with Crippen LogP contribution in [0, 0.1) is 6.92 Å². The molecule has 0 aromatic heterocycles. The fourth-order valence-corrected chi connectivity index (χ4v) is 4.98. The minimum Gasteiger partial charge on any atom is -0.368 e. The van der Waals surface area contributed by atoms with E-state index in [-0.39, 0.29) is 12.5 Å². The van der Waals surface area contributed by atoms with Crippen LogP contribution in [-0.4, -0.2) is 51.7 Å². The highest BCUT2D eigenvalue weighted by atomic mass is 32.2. The molecule has 3 aromatic carbocycles. The number of hydrogen-bond acceptors (Lipinski definition) is 4. The lowest BCUT2D eigenvalue weighted by atomic mass is 10.1. The van der Waals surface area contributed by atoms with Crippen LogP contribution >= 0.6 is 0 Å². The number of benzene rings is 3. The Labute approximate surface area is 196 Å². The number of carbonyl (C=O) groups excluding carboxylic acids is 1. The predicted molar refractivity (Wildman–Crippen MR) is 133 cm³/mol. The van der Waals surface area contributed by atoms with Crippen LogP contribution in [0.2, 0.25) is 0 Å². The van der Waals surface area contributed by atoms with Crippen molar-refractivity contribution in [3.63, 3.8) is 0 Å². The van der Waals surface area contributed by atoms with Crippen LogP contribution in [-0.2, 0) is 16.6 Å². The van der Waals surface area contributed by atoms with Gasteiger partial charge in [0.05, 0.1) is 18.5 Å². The summed E-state index contributed by atoms with van der Waals surface area (Å²) in [6.45, 7) is 5.09. The van der Waals surface area contributed by atoms with Crippen LogP contribution < -0.4 is 9.21 Å². The normalized spacial score (nSPS) is 14.2. The van der Waals surface area contributed by atoms with Crippen molar-refractivity contribution in [3.05, 3.63) is 95.6 Å². The molecule has 0 unspecified atom stereocenters. The Morgan fingerprint density at radius 2 is 1.45 bits per heavy atom. The fourth-order valence-electron chi connectivity index (χ4n) is 4.10. The average molecular weight is 464 g/mol. The van der Waals surface area contributed by atoms with Crippen molar-refractivity contribution in [1.29, 1.82) is 0 Å². The Bertz CT molecular complexity index is 1200. The lowest BCUT2D eigenvalue weighted by molar-refractivity contribution is 0.0747. The first-order valence-corrected chi connectivity index (χ1v) is 12.9. The summed E-state index contributed by atoms with van der Waals surface area (Å²) in [4.78, 5) is 17.2. The molecular weight excluding hydrogens is 434 g/mol. The molecule has 1 aliphatic rings. The zero-order chi connectivity index (χ0) is 23.4. The standard InChI is InChI=1S/C26H29N3O3S/c1-21-8-6-7-9-23(21)20-29(33(2,31)32)25-14-12-22(13-15-25)26(30)28-18-16-27(17-19-28)24-10-4-3-5-11-24/h3-15H,16-20H2,1-2H3. The van der Waals surface area contributed by atoms with E-state index < -0.39 is 10.0 Å². The molecule has 4 rings (SSSR count). The number of hydrogen-bond donors (Lipinski definition) is 0. The van der Waals surface area contributed by atoms with Crippen molar-refractivity contribution < 1.29 is 13.2 Å². The smallest absolute Gasteiger partial charge is 0.253 e. The molecule has 7 heteroatoms. The number of anilines is 2. The molecule has 0 saturated carbocycles. The van der Waals surface area contributed by atoms with Gasteiger partial charge in [0.15, 0.2) is 0 Å². The van der Waals surface area contributed by atoms with E-state index in [9.17, 15) is 13.2 Å². The van der Waals surface area contributed by atoms with Gasteiger partial charge < -0.3 is 9.80 Å². The molecule has 6 nitrogen and oxygen atoms in total. The summed E-state index contributed by atoms with van der Waals surface area (Å²) in [7, 11) is -3.49. The van der Waals surface area contributed by atoms with E-state index in [1.807, 2.05) is 54.3 Å². The van der Waals surface area contributed by atoms with Crippen LogP contribution in [0.1, 0.15) is 21.5 Å². The first-order valence-electron chi connectivity index (χ1n) is 11.0. The zero-order valence-electron chi connectivity index (χ0n) is 19.0. The van der Waals surface area contributed by atoms with E-state index in [1.165, 1.54) is 16.2 Å². The van der Waals surface area contributed by atoms with Gasteiger partial charge in [0.1, 0.15) is 0 Å². The molecule has 0 spiro atoms. The van der Waals surface area contributed by atoms with Crippen LogP contribution in [0.25, 0.3) is 0 Å². The first kappa shape index (κ1) is 22.9. The molecule has 33 heavy (non-hydrogen) atoms. The van der Waals surface area contributed by atoms with Crippen molar-refractivity contribution in [2.75, 3.05) is 41.6 Å². The quantitative estimate of drug-likeness (QED) is 0.556. The molecule has 1 aliphatic heterocycles. The number of carbonyl (C=O) groups is 1. The number of rotatable bonds is 6. The van der Waals surface area contributed by atoms with Crippen molar-refractivity contribution >= 4 is 27.3 Å². The number of para-hydroxylation sites is 1. The van der Waals surface area contributed by atoms with E-state index >= 15 is 0 Å². The molecule has 1 saturated heterocycles. The van der Waals surface area contributed by atoms with E-state index in [4.69, 9.17) is 0 Å². The minimum atomic E-state index is -3.49. The highest BCUT2D eigenvalue weighted by Gasteiger charge is 2.23. The van der Waals surface area contributed by atoms with Gasteiger partial charge in [-0.25, -0.2) is 8.42 Å². The third-order valence-electron chi connectivity index (χ3n) is 6.07. The van der Waals surface area contributed by atoms with Crippen molar-refractivity contribution in [2.24, 2.45) is 0 Å². The first-order chi connectivity index (χ1) is 15.8. The second-order valence-corrected chi connectivity index (χ2v) is 10.3. The highest BCUT2D eigenvalue weighted by molar-refractivity contribution is 7.92. The summed E-state index contributed by atoms with van der Waals surface area (Å²) in [6, 6.07) is 24.8. The van der Waals surface area contributed by atoms with Gasteiger partial charge in [-0.05, 0) is 54.4 Å². The summed E-state index contributed by atoms with van der Waals surface area (Å²) >= 11 is 0. The van der Waals surface area contributed by atoms with E-state index in [2.05, 4.69) is 17.0 Å². The minimum absolute atomic E-state index is 0.0286. The molecule has 172 valence electrons. The van der Waals surface area contributed by atoms with Crippen molar-refractivity contribution in [2.45, 2.75) is 13.5 Å². The zero-order valence-corrected chi connectivity index (χ0v) is 19.8. The largest absolute Gasteiger partial charge is 0.368 e. The van der Waals surface area contributed by atoms with Gasteiger partial charge in [-0.15, -0.1) is 0 Å². The van der Waals surface area contributed by atoms with Crippen molar-refractivity contribution in [1.82, 2.24) is 4.90 Å². The van der Waals surface area contributed by atoms with Gasteiger partial charge in [0.2, 0.25) is 10.0 Å². The monoisotopic (exact) mass is 463 g/mol.